The van der Waals surface area contributed by atoms with Crippen molar-refractivity contribution in [2.75, 3.05) is 0 Å². The third-order valence-electron chi connectivity index (χ3n) is 9.13. The molecule has 0 aromatic heterocycles. The molecule has 47 heavy (non-hydrogen) atoms. The Morgan fingerprint density at radius 3 is 1.68 bits per heavy atom. The van der Waals surface area contributed by atoms with E-state index in [1.54, 1.807) is 0 Å². The van der Waals surface area contributed by atoms with Crippen LogP contribution in [-0.2, 0) is 0 Å². The molecule has 0 saturated heterocycles. The number of aryl methyl sites for hydroxylation is 2. The van der Waals surface area contributed by atoms with Crippen LogP contribution >= 0.6 is 6.89 Å². The van der Waals surface area contributed by atoms with E-state index in [4.69, 9.17) is 6.30 Å². The average molecular weight is 625 g/mol. The van der Waals surface area contributed by atoms with Crippen molar-refractivity contribution >= 4 is 62.6 Å². The highest BCUT2D eigenvalue weighted by molar-refractivity contribution is 7.90. The van der Waals surface area contributed by atoms with Gasteiger partial charge in [0, 0.05) is 0 Å². The minimum absolute atomic E-state index is 0.983. The van der Waals surface area contributed by atoms with Crippen molar-refractivity contribution in [3.8, 4) is 0 Å². The zero-order valence-corrected chi connectivity index (χ0v) is 28.5. The van der Waals surface area contributed by atoms with Crippen molar-refractivity contribution in [2.24, 2.45) is 0 Å². The smallest absolute Gasteiger partial charge is 0.00264 e. The Bertz CT molecular complexity index is 2200. The van der Waals surface area contributed by atoms with E-state index >= 15 is 0 Å². The van der Waals surface area contributed by atoms with Crippen LogP contribution in [0, 0.1) is 13.8 Å². The van der Waals surface area contributed by atoms with Crippen LogP contribution in [0.15, 0.2) is 170 Å². The summed E-state index contributed by atoms with van der Waals surface area (Å²) in [5.74, 6) is 0. The Labute approximate surface area is 280 Å². The molecule has 0 bridgehead atoms. The largest absolute Gasteiger partial charge is 0.0984 e. The van der Waals surface area contributed by atoms with Gasteiger partial charge in [-0.1, -0.05) is 177 Å². The van der Waals surface area contributed by atoms with Gasteiger partial charge in [-0.05, 0) is 105 Å². The molecule has 0 heterocycles. The molecule has 0 saturated carbocycles. The van der Waals surface area contributed by atoms with Gasteiger partial charge in [0.2, 0.25) is 0 Å². The number of rotatable bonds is 9. The van der Waals surface area contributed by atoms with E-state index in [2.05, 4.69) is 186 Å². The summed E-state index contributed by atoms with van der Waals surface area (Å²) in [6.45, 7) is 13.2. The maximum Gasteiger partial charge on any atom is -0.00264 e. The first kappa shape index (κ1) is 31.8. The molecule has 1 heteroatoms. The van der Waals surface area contributed by atoms with E-state index in [9.17, 15) is 0 Å². The molecule has 0 fully saturated rings. The molecule has 0 spiro atoms. The van der Waals surface area contributed by atoms with Gasteiger partial charge in [0.05, 0.1) is 0 Å². The second kappa shape index (κ2) is 13.7. The van der Waals surface area contributed by atoms with Crippen molar-refractivity contribution < 1.29 is 0 Å². The van der Waals surface area contributed by atoms with Gasteiger partial charge in [-0.2, -0.15) is 0 Å². The highest BCUT2D eigenvalue weighted by Gasteiger charge is 2.24. The van der Waals surface area contributed by atoms with Crippen LogP contribution in [0.3, 0.4) is 0 Å². The average Bonchev–Trinajstić information content (AvgIpc) is 3.11. The van der Waals surface area contributed by atoms with Crippen LogP contribution in [0.25, 0.3) is 38.8 Å². The maximum absolute atomic E-state index is 5.05. The van der Waals surface area contributed by atoms with Gasteiger partial charge in [-0.25, -0.2) is 0 Å². The third kappa shape index (κ3) is 6.06. The minimum atomic E-state index is -2.22. The molecule has 0 aliphatic heterocycles. The Morgan fingerprint density at radius 2 is 1.13 bits per heavy atom. The highest BCUT2D eigenvalue weighted by Crippen LogP contribution is 2.53. The standard InChI is InChI=1S/C46H41P/c1-7-36(32-38(8-2)47(6,39-20-10-9-11-21-39)40-30-26-33(3)27-31-40)46-43-24-16-14-22-41(43)45(42-23-15-17-25-44(42)46)35(5)28-29-37-19-13-12-18-34(37)4/h7-32H,1,5-6H2,2-4H3/b29-28-,36-32+,38-8+. The fourth-order valence-corrected chi connectivity index (χ4v) is 9.60. The molecule has 0 radical (unpaired) electrons. The lowest BCUT2D eigenvalue weighted by Gasteiger charge is -2.28. The van der Waals surface area contributed by atoms with Crippen molar-refractivity contribution in [3.63, 3.8) is 0 Å². The van der Waals surface area contributed by atoms with Gasteiger partial charge in [-0.3, -0.25) is 0 Å². The third-order valence-corrected chi connectivity index (χ3v) is 12.8. The summed E-state index contributed by atoms with van der Waals surface area (Å²) in [5, 5.41) is 8.42. The number of allylic oxidation sites excluding steroid dienone is 7. The zero-order chi connectivity index (χ0) is 33.0. The van der Waals surface area contributed by atoms with Crippen LogP contribution in [0.1, 0.15) is 34.7 Å². The normalized spacial score (nSPS) is 13.6. The van der Waals surface area contributed by atoms with Gasteiger partial charge >= 0.3 is 0 Å². The molecular weight excluding hydrogens is 583 g/mol. The molecule has 0 aliphatic carbocycles. The van der Waals surface area contributed by atoms with E-state index in [0.29, 0.717) is 0 Å². The van der Waals surface area contributed by atoms with E-state index < -0.39 is 6.89 Å². The Morgan fingerprint density at radius 1 is 0.617 bits per heavy atom. The number of hydrogen-bond acceptors (Lipinski definition) is 0. The Hall–Kier alpha value is -5.16. The van der Waals surface area contributed by atoms with E-state index in [-0.39, 0.29) is 0 Å². The summed E-state index contributed by atoms with van der Waals surface area (Å²) in [6.07, 6.45) is 16.0. The lowest BCUT2D eigenvalue weighted by atomic mass is 9.85. The Balaban J connectivity index is 1.58. The minimum Gasteiger partial charge on any atom is -0.0984 e. The van der Waals surface area contributed by atoms with Crippen LogP contribution in [0.2, 0.25) is 0 Å². The molecule has 230 valence electrons. The lowest BCUT2D eigenvalue weighted by Crippen LogP contribution is -2.17. The highest BCUT2D eigenvalue weighted by atomic mass is 31.2. The molecule has 0 aliphatic rings. The lowest BCUT2D eigenvalue weighted by molar-refractivity contribution is 1.44. The number of hydrogen-bond donors (Lipinski definition) is 0. The second-order valence-corrected chi connectivity index (χ2v) is 15.2. The topological polar surface area (TPSA) is 0 Å². The van der Waals surface area contributed by atoms with E-state index in [0.717, 1.165) is 16.7 Å². The van der Waals surface area contributed by atoms with Crippen LogP contribution in [-0.4, -0.2) is 6.30 Å². The predicted octanol–water partition coefficient (Wildman–Crippen LogP) is 11.9. The molecule has 6 rings (SSSR count). The van der Waals surface area contributed by atoms with Crippen LogP contribution < -0.4 is 10.6 Å². The van der Waals surface area contributed by atoms with E-state index in [1.165, 1.54) is 59.7 Å². The number of fused-ring (bicyclic) bond motifs is 2. The molecule has 0 nitrogen and oxygen atoms in total. The van der Waals surface area contributed by atoms with E-state index in [1.807, 2.05) is 6.08 Å². The summed E-state index contributed by atoms with van der Waals surface area (Å²) in [6, 6.07) is 45.5. The van der Waals surface area contributed by atoms with Crippen molar-refractivity contribution in [3.05, 3.63) is 198 Å². The monoisotopic (exact) mass is 624 g/mol. The van der Waals surface area contributed by atoms with Crippen LogP contribution in [0.5, 0.6) is 0 Å². The van der Waals surface area contributed by atoms with Crippen LogP contribution in [0.4, 0.5) is 0 Å². The SMILES string of the molecule is C=C/C(=C\C(=C/C)P(=C)(c1ccccc1)c1ccc(C)cc1)c1c2ccccc2c(C(=C)/C=C\c2ccccc2C)c2ccccc12. The molecule has 6 aromatic carbocycles. The predicted molar refractivity (Wildman–Crippen MR) is 214 cm³/mol. The fraction of sp³-hybridized carbons (Fsp3) is 0.0652. The van der Waals surface area contributed by atoms with Gasteiger partial charge < -0.3 is 0 Å². The summed E-state index contributed by atoms with van der Waals surface area (Å²) < 4.78 is 0. The summed E-state index contributed by atoms with van der Waals surface area (Å²) >= 11 is 0. The maximum atomic E-state index is 5.05. The van der Waals surface area contributed by atoms with Crippen molar-refractivity contribution in [1.82, 2.24) is 0 Å². The summed E-state index contributed by atoms with van der Waals surface area (Å²) in [7, 11) is 0. The van der Waals surface area contributed by atoms with Crippen molar-refractivity contribution in [1.29, 1.82) is 0 Å². The van der Waals surface area contributed by atoms with Gasteiger partial charge in [0.25, 0.3) is 0 Å². The van der Waals surface area contributed by atoms with Crippen molar-refractivity contribution in [2.45, 2.75) is 20.8 Å². The molecule has 6 aromatic rings. The first-order valence-corrected chi connectivity index (χ1v) is 18.1. The summed E-state index contributed by atoms with van der Waals surface area (Å²) in [4.78, 5) is 0. The second-order valence-electron chi connectivity index (χ2n) is 12.1. The fourth-order valence-electron chi connectivity index (χ4n) is 6.57. The quantitative estimate of drug-likeness (QED) is 0.0853. The van der Waals surface area contributed by atoms with Gasteiger partial charge in [0.1, 0.15) is 0 Å². The first-order valence-electron chi connectivity index (χ1n) is 16.1. The Kier molecular flexibility index (Phi) is 9.26. The summed E-state index contributed by atoms with van der Waals surface area (Å²) in [5.41, 5.74) is 8.07. The molecule has 1 atom stereocenters. The first-order chi connectivity index (χ1) is 22.9. The van der Waals surface area contributed by atoms with Gasteiger partial charge in [0.15, 0.2) is 0 Å². The molecule has 0 N–H and O–H groups in total. The zero-order valence-electron chi connectivity index (χ0n) is 27.6. The van der Waals surface area contributed by atoms with Gasteiger partial charge in [-0.15, -0.1) is 0 Å². The number of benzene rings is 6. The molecule has 0 amide bonds. The molecule has 1 unspecified atom stereocenters. The molecular formula is C46H41P.